The van der Waals surface area contributed by atoms with E-state index in [2.05, 4.69) is 47.6 Å². The van der Waals surface area contributed by atoms with E-state index in [1.807, 2.05) is 0 Å². The lowest BCUT2D eigenvalue weighted by Crippen LogP contribution is -2.56. The highest BCUT2D eigenvalue weighted by Gasteiger charge is 2.69. The first-order chi connectivity index (χ1) is 12.4. The fraction of sp³-hybridized carbons (Fsp3) is 0.920. The number of aliphatic hydroxyl groups excluding tert-OH is 2. The first kappa shape index (κ1) is 18.7. The maximum atomic E-state index is 11.4. The molecule has 2 unspecified atom stereocenters. The minimum atomic E-state index is -0.244. The van der Waals surface area contributed by atoms with Gasteiger partial charge in [-0.1, -0.05) is 53.2 Å². The number of hydrogen-bond donors (Lipinski definition) is 2. The first-order valence-corrected chi connectivity index (χ1v) is 11.5. The molecule has 152 valence electrons. The van der Waals surface area contributed by atoms with Crippen molar-refractivity contribution in [1.82, 2.24) is 0 Å². The molecule has 5 rings (SSSR count). The summed E-state index contributed by atoms with van der Waals surface area (Å²) in [5, 5.41) is 22.6. The van der Waals surface area contributed by atoms with Crippen LogP contribution in [-0.4, -0.2) is 22.4 Å². The highest BCUT2D eigenvalue weighted by atomic mass is 16.3. The van der Waals surface area contributed by atoms with E-state index in [1.54, 1.807) is 5.57 Å². The second-order valence-electron chi connectivity index (χ2n) is 12.6. The summed E-state index contributed by atoms with van der Waals surface area (Å²) in [6.07, 6.45) is 8.94. The predicted molar refractivity (Wildman–Crippen MR) is 109 cm³/mol. The van der Waals surface area contributed by atoms with Crippen LogP contribution in [0.15, 0.2) is 11.6 Å². The van der Waals surface area contributed by atoms with Crippen molar-refractivity contribution in [1.29, 1.82) is 0 Å². The van der Waals surface area contributed by atoms with E-state index in [0.717, 1.165) is 12.8 Å². The molecule has 0 amide bonds. The molecular weight excluding hydrogens is 332 g/mol. The number of fused-ring (bicyclic) bond motifs is 7. The molecule has 27 heavy (non-hydrogen) atoms. The molecule has 0 aromatic heterocycles. The van der Waals surface area contributed by atoms with Gasteiger partial charge >= 0.3 is 0 Å². The zero-order chi connectivity index (χ0) is 19.6. The summed E-state index contributed by atoms with van der Waals surface area (Å²) in [6.45, 7) is 14.6. The van der Waals surface area contributed by atoms with Gasteiger partial charge in [0.05, 0.1) is 12.2 Å². The smallest absolute Gasteiger partial charge is 0.0636 e. The highest BCUT2D eigenvalue weighted by molar-refractivity contribution is 5.37. The van der Waals surface area contributed by atoms with Crippen LogP contribution in [-0.2, 0) is 0 Å². The molecule has 0 bridgehead atoms. The third kappa shape index (κ3) is 2.05. The van der Waals surface area contributed by atoms with Gasteiger partial charge in [-0.15, -0.1) is 0 Å². The van der Waals surface area contributed by atoms with Crippen LogP contribution >= 0.6 is 0 Å². The van der Waals surface area contributed by atoms with Crippen LogP contribution in [0.3, 0.4) is 0 Å². The fourth-order valence-corrected chi connectivity index (χ4v) is 9.49. The average molecular weight is 373 g/mol. The number of allylic oxidation sites excluding steroid dienone is 1. The molecule has 4 fully saturated rings. The van der Waals surface area contributed by atoms with Crippen LogP contribution in [0.1, 0.15) is 80.1 Å². The van der Waals surface area contributed by atoms with Gasteiger partial charge in [0, 0.05) is 5.41 Å². The Bertz CT molecular complexity index is 694. The largest absolute Gasteiger partial charge is 0.393 e. The Kier molecular flexibility index (Phi) is 3.61. The molecule has 2 nitrogen and oxygen atoms in total. The SMILES string of the molecule is C[C@H]1CC[C@@H]2[C@H](O)C[C@@H]3C(=C[C@]4(C)C3C3C(C)(C)CC[C@@]3(C)C[C@H]4O)[C@@]21C. The molecule has 0 aliphatic heterocycles. The summed E-state index contributed by atoms with van der Waals surface area (Å²) in [4.78, 5) is 0. The highest BCUT2D eigenvalue weighted by Crippen LogP contribution is 2.74. The van der Waals surface area contributed by atoms with Crippen molar-refractivity contribution in [3.63, 3.8) is 0 Å². The Labute approximate surface area is 165 Å². The fourth-order valence-electron chi connectivity index (χ4n) is 9.49. The quantitative estimate of drug-likeness (QED) is 0.575. The van der Waals surface area contributed by atoms with Crippen molar-refractivity contribution in [3.05, 3.63) is 11.6 Å². The van der Waals surface area contributed by atoms with E-state index in [4.69, 9.17) is 0 Å². The summed E-state index contributed by atoms with van der Waals surface area (Å²) in [6, 6.07) is 0. The normalized spacial score (nSPS) is 61.0. The minimum Gasteiger partial charge on any atom is -0.393 e. The Morgan fingerprint density at radius 3 is 2.41 bits per heavy atom. The summed E-state index contributed by atoms with van der Waals surface area (Å²) in [7, 11) is 0. The van der Waals surface area contributed by atoms with E-state index >= 15 is 0 Å². The number of hydrogen-bond acceptors (Lipinski definition) is 2. The maximum absolute atomic E-state index is 11.4. The van der Waals surface area contributed by atoms with Crippen molar-refractivity contribution in [3.8, 4) is 0 Å². The third-order valence-corrected chi connectivity index (χ3v) is 11.0. The van der Waals surface area contributed by atoms with Crippen molar-refractivity contribution in [2.75, 3.05) is 0 Å². The molecule has 5 aliphatic carbocycles. The molecule has 0 aromatic carbocycles. The van der Waals surface area contributed by atoms with Crippen LogP contribution in [0.25, 0.3) is 0 Å². The summed E-state index contributed by atoms with van der Waals surface area (Å²) >= 11 is 0. The van der Waals surface area contributed by atoms with Crippen molar-refractivity contribution in [2.24, 2.45) is 51.2 Å². The van der Waals surface area contributed by atoms with Crippen molar-refractivity contribution < 1.29 is 10.2 Å². The molecule has 5 aliphatic rings. The molecule has 0 aromatic rings. The van der Waals surface area contributed by atoms with Gasteiger partial charge < -0.3 is 10.2 Å². The van der Waals surface area contributed by atoms with Crippen LogP contribution in [0.2, 0.25) is 0 Å². The van der Waals surface area contributed by atoms with E-state index in [1.165, 1.54) is 25.7 Å². The molecule has 0 spiro atoms. The topological polar surface area (TPSA) is 40.5 Å². The Balaban J connectivity index is 1.67. The van der Waals surface area contributed by atoms with Gasteiger partial charge in [0.25, 0.3) is 0 Å². The van der Waals surface area contributed by atoms with Gasteiger partial charge in [0.15, 0.2) is 0 Å². The van der Waals surface area contributed by atoms with Crippen LogP contribution < -0.4 is 0 Å². The van der Waals surface area contributed by atoms with Gasteiger partial charge in [-0.25, -0.2) is 0 Å². The predicted octanol–water partition coefficient (Wildman–Crippen LogP) is 5.19. The monoisotopic (exact) mass is 372 g/mol. The van der Waals surface area contributed by atoms with Crippen LogP contribution in [0.5, 0.6) is 0 Å². The lowest BCUT2D eigenvalue weighted by atomic mass is 9.47. The van der Waals surface area contributed by atoms with Gasteiger partial charge in [-0.3, -0.25) is 0 Å². The van der Waals surface area contributed by atoms with Crippen LogP contribution in [0, 0.1) is 51.2 Å². The molecule has 2 heteroatoms. The molecule has 10 atom stereocenters. The maximum Gasteiger partial charge on any atom is 0.0636 e. The van der Waals surface area contributed by atoms with Crippen LogP contribution in [0.4, 0.5) is 0 Å². The molecule has 0 saturated heterocycles. The Hall–Kier alpha value is -0.340. The lowest BCUT2D eigenvalue weighted by molar-refractivity contribution is -0.132. The summed E-state index contributed by atoms with van der Waals surface area (Å²) in [5.74, 6) is 2.64. The Morgan fingerprint density at radius 2 is 1.70 bits per heavy atom. The molecule has 4 saturated carbocycles. The molecule has 0 radical (unpaired) electrons. The summed E-state index contributed by atoms with van der Waals surface area (Å²) < 4.78 is 0. The number of aliphatic hydroxyl groups is 2. The Morgan fingerprint density at radius 1 is 1.00 bits per heavy atom. The zero-order valence-electron chi connectivity index (χ0n) is 18.3. The number of rotatable bonds is 0. The zero-order valence-corrected chi connectivity index (χ0v) is 18.3. The molecule has 0 heterocycles. The van der Waals surface area contributed by atoms with Gasteiger partial charge in [0.2, 0.25) is 0 Å². The van der Waals surface area contributed by atoms with Gasteiger partial charge in [0.1, 0.15) is 0 Å². The third-order valence-electron chi connectivity index (χ3n) is 11.0. The van der Waals surface area contributed by atoms with Gasteiger partial charge in [-0.2, -0.15) is 0 Å². The molecular formula is C25H40O2. The van der Waals surface area contributed by atoms with E-state index in [-0.39, 0.29) is 28.5 Å². The molecule has 2 N–H and O–H groups in total. The van der Waals surface area contributed by atoms with E-state index in [9.17, 15) is 10.2 Å². The standard InChI is InChI=1S/C25H40O2/c1-14-7-8-16-18(26)11-15-17(25(14,16)6)12-24(5)19(27)13-23(4)10-9-22(2,3)21(23)20(15)24/h12,14-16,18-21,26-27H,7-11,13H2,1-6H3/t14-,15+,16+,18+,19+,20?,21?,23-,24-,25+/m0/s1. The second-order valence-corrected chi connectivity index (χ2v) is 12.6. The summed E-state index contributed by atoms with van der Waals surface area (Å²) in [5.41, 5.74) is 2.21. The van der Waals surface area contributed by atoms with E-state index < -0.39 is 0 Å². The average Bonchev–Trinajstić information content (AvgIpc) is 3.12. The minimum absolute atomic E-state index is 0.119. The first-order valence-electron chi connectivity index (χ1n) is 11.5. The van der Waals surface area contributed by atoms with Crippen molar-refractivity contribution in [2.45, 2.75) is 92.3 Å². The van der Waals surface area contributed by atoms with Crippen molar-refractivity contribution >= 4 is 0 Å². The van der Waals surface area contributed by atoms with E-state index in [0.29, 0.717) is 35.0 Å². The van der Waals surface area contributed by atoms with Gasteiger partial charge in [-0.05, 0) is 84.4 Å². The lowest BCUT2D eigenvalue weighted by Gasteiger charge is -2.58. The second kappa shape index (κ2) is 5.22.